The molecule has 5 aromatic carbocycles. The van der Waals surface area contributed by atoms with Crippen LogP contribution in [0.4, 0.5) is 11.4 Å². The predicted molar refractivity (Wildman–Crippen MR) is 136 cm³/mol. The molecular weight excluding hydrogens is 394 g/mol. The second-order valence-corrected chi connectivity index (χ2v) is 9.43. The third-order valence-corrected chi connectivity index (χ3v) is 7.64. The van der Waals surface area contributed by atoms with E-state index in [1.165, 1.54) is 70.1 Å². The fourth-order valence-corrected chi connectivity index (χ4v) is 6.25. The molecule has 0 saturated carbocycles. The first-order valence-corrected chi connectivity index (χ1v) is 11.4. The van der Waals surface area contributed by atoms with Crippen molar-refractivity contribution in [2.75, 3.05) is 5.32 Å². The van der Waals surface area contributed by atoms with E-state index in [0.29, 0.717) is 0 Å². The molecule has 0 spiro atoms. The molecule has 31 heavy (non-hydrogen) atoms. The fraction of sp³-hybridized carbons (Fsp3) is 0.0345. The molecule has 0 atom stereocenters. The largest absolute Gasteiger partial charge is 0.354 e. The standard InChI is InChI=1S/C29H19NS/c1-17-6-4-7-18(14-17)19-12-13-21-24-16-23-20-8-2-3-10-25(20)30-26-11-5-9-22(28(23)26)29(24)31-27(21)15-19/h2-16,30H,1H3. The molecule has 1 aliphatic rings. The van der Waals surface area contributed by atoms with Gasteiger partial charge in [0.15, 0.2) is 0 Å². The van der Waals surface area contributed by atoms with E-state index in [-0.39, 0.29) is 0 Å². The van der Waals surface area contributed by atoms with Gasteiger partial charge in [0, 0.05) is 47.9 Å². The van der Waals surface area contributed by atoms with Crippen LogP contribution in [0.5, 0.6) is 0 Å². The Kier molecular flexibility index (Phi) is 3.42. The molecule has 7 rings (SSSR count). The molecule has 0 saturated heterocycles. The topological polar surface area (TPSA) is 12.0 Å². The Labute approximate surface area is 184 Å². The molecule has 0 fully saturated rings. The Hall–Kier alpha value is -3.62. The van der Waals surface area contributed by atoms with Gasteiger partial charge in [0.1, 0.15) is 0 Å². The van der Waals surface area contributed by atoms with Crippen LogP contribution in [-0.2, 0) is 0 Å². The number of rotatable bonds is 1. The van der Waals surface area contributed by atoms with Crippen LogP contribution in [0.3, 0.4) is 0 Å². The lowest BCUT2D eigenvalue weighted by Gasteiger charge is -2.22. The van der Waals surface area contributed by atoms with Gasteiger partial charge in [-0.05, 0) is 47.9 Å². The minimum Gasteiger partial charge on any atom is -0.354 e. The van der Waals surface area contributed by atoms with Crippen molar-refractivity contribution in [3.8, 4) is 22.3 Å². The smallest absolute Gasteiger partial charge is 0.0470 e. The van der Waals surface area contributed by atoms with Crippen molar-refractivity contribution in [3.05, 3.63) is 96.6 Å². The quantitative estimate of drug-likeness (QED) is 0.283. The summed E-state index contributed by atoms with van der Waals surface area (Å²) in [5.74, 6) is 0. The summed E-state index contributed by atoms with van der Waals surface area (Å²) in [6.45, 7) is 2.15. The van der Waals surface area contributed by atoms with Crippen LogP contribution in [-0.4, -0.2) is 0 Å². The fourth-order valence-electron chi connectivity index (χ4n) is 5.00. The average Bonchev–Trinajstić information content (AvgIpc) is 3.17. The number of para-hydroxylation sites is 1. The maximum atomic E-state index is 3.64. The van der Waals surface area contributed by atoms with Crippen molar-refractivity contribution in [2.45, 2.75) is 6.92 Å². The van der Waals surface area contributed by atoms with Crippen LogP contribution < -0.4 is 5.32 Å². The third-order valence-electron chi connectivity index (χ3n) is 6.43. The highest BCUT2D eigenvalue weighted by atomic mass is 32.1. The van der Waals surface area contributed by atoms with Gasteiger partial charge in [-0.1, -0.05) is 72.3 Å². The summed E-state index contributed by atoms with van der Waals surface area (Å²) in [5, 5.41) is 9.01. The number of hydrogen-bond donors (Lipinski definition) is 1. The van der Waals surface area contributed by atoms with Crippen molar-refractivity contribution in [1.29, 1.82) is 0 Å². The van der Waals surface area contributed by atoms with Gasteiger partial charge in [-0.15, -0.1) is 11.3 Å². The molecule has 0 radical (unpaired) electrons. The number of fused-ring (bicyclic) bond motifs is 6. The summed E-state index contributed by atoms with van der Waals surface area (Å²) >= 11 is 1.91. The molecule has 1 aliphatic heterocycles. The molecule has 6 aromatic rings. The first kappa shape index (κ1) is 17.1. The second-order valence-electron chi connectivity index (χ2n) is 8.38. The maximum Gasteiger partial charge on any atom is 0.0470 e. The number of benzene rings is 5. The first-order chi connectivity index (χ1) is 15.3. The van der Waals surface area contributed by atoms with E-state index < -0.39 is 0 Å². The molecule has 0 aliphatic carbocycles. The van der Waals surface area contributed by atoms with Crippen molar-refractivity contribution in [2.24, 2.45) is 0 Å². The Morgan fingerprint density at radius 3 is 2.39 bits per heavy atom. The first-order valence-electron chi connectivity index (χ1n) is 10.6. The summed E-state index contributed by atoms with van der Waals surface area (Å²) < 4.78 is 2.72. The van der Waals surface area contributed by atoms with E-state index in [4.69, 9.17) is 0 Å². The van der Waals surface area contributed by atoms with E-state index in [9.17, 15) is 0 Å². The zero-order chi connectivity index (χ0) is 20.5. The third kappa shape index (κ3) is 2.43. The van der Waals surface area contributed by atoms with Crippen LogP contribution in [0.15, 0.2) is 91.0 Å². The van der Waals surface area contributed by atoms with E-state index in [2.05, 4.69) is 103 Å². The van der Waals surface area contributed by atoms with Gasteiger partial charge >= 0.3 is 0 Å². The molecule has 2 heteroatoms. The highest BCUT2D eigenvalue weighted by Gasteiger charge is 2.21. The number of hydrogen-bond acceptors (Lipinski definition) is 2. The Balaban J connectivity index is 1.57. The SMILES string of the molecule is Cc1cccc(-c2ccc3c(c2)sc2c4cccc5c4c(cc32)-c2ccccc2N5)c1. The van der Waals surface area contributed by atoms with Gasteiger partial charge in [-0.2, -0.15) is 0 Å². The van der Waals surface area contributed by atoms with Gasteiger partial charge in [0.2, 0.25) is 0 Å². The van der Waals surface area contributed by atoms with E-state index in [1.54, 1.807) is 0 Å². The molecule has 1 N–H and O–H groups in total. The van der Waals surface area contributed by atoms with Crippen molar-refractivity contribution < 1.29 is 0 Å². The number of thiophene rings is 1. The monoisotopic (exact) mass is 413 g/mol. The van der Waals surface area contributed by atoms with Crippen LogP contribution in [0.25, 0.3) is 53.2 Å². The lowest BCUT2D eigenvalue weighted by Crippen LogP contribution is -2.00. The lowest BCUT2D eigenvalue weighted by molar-refractivity contribution is 1.47. The Bertz CT molecular complexity index is 1670. The van der Waals surface area contributed by atoms with Gasteiger partial charge < -0.3 is 5.32 Å². The minimum atomic E-state index is 1.18. The van der Waals surface area contributed by atoms with E-state index in [0.717, 1.165) is 0 Å². The van der Waals surface area contributed by atoms with Crippen LogP contribution >= 0.6 is 11.3 Å². The molecule has 1 nitrogen and oxygen atoms in total. The van der Waals surface area contributed by atoms with Gasteiger partial charge in [0.25, 0.3) is 0 Å². The zero-order valence-electron chi connectivity index (χ0n) is 17.1. The highest BCUT2D eigenvalue weighted by Crippen LogP contribution is 2.49. The van der Waals surface area contributed by atoms with Crippen molar-refractivity contribution in [3.63, 3.8) is 0 Å². The highest BCUT2D eigenvalue weighted by molar-refractivity contribution is 7.26. The maximum absolute atomic E-state index is 3.64. The number of anilines is 2. The Morgan fingerprint density at radius 2 is 1.45 bits per heavy atom. The lowest BCUT2D eigenvalue weighted by atomic mass is 9.90. The van der Waals surface area contributed by atoms with Gasteiger partial charge in [-0.25, -0.2) is 0 Å². The van der Waals surface area contributed by atoms with Crippen LogP contribution in [0.2, 0.25) is 0 Å². The summed E-state index contributed by atoms with van der Waals surface area (Å²) in [6, 6.07) is 33.4. The van der Waals surface area contributed by atoms with Gasteiger partial charge in [-0.3, -0.25) is 0 Å². The van der Waals surface area contributed by atoms with E-state index >= 15 is 0 Å². The minimum absolute atomic E-state index is 1.18. The average molecular weight is 414 g/mol. The molecule has 1 aromatic heterocycles. The molecule has 0 unspecified atom stereocenters. The normalized spacial score (nSPS) is 12.3. The molecular formula is C29H19NS. The molecule has 2 heterocycles. The molecule has 146 valence electrons. The number of aryl methyl sites for hydroxylation is 1. The predicted octanol–water partition coefficient (Wildman–Crippen LogP) is 8.91. The van der Waals surface area contributed by atoms with Gasteiger partial charge in [0.05, 0.1) is 0 Å². The van der Waals surface area contributed by atoms with Crippen LogP contribution in [0.1, 0.15) is 5.56 Å². The number of nitrogens with one attached hydrogen (secondary N) is 1. The van der Waals surface area contributed by atoms with Crippen molar-refractivity contribution in [1.82, 2.24) is 0 Å². The second kappa shape index (κ2) is 6.19. The molecule has 0 amide bonds. The summed E-state index contributed by atoms with van der Waals surface area (Å²) in [5.41, 5.74) is 8.85. The summed E-state index contributed by atoms with van der Waals surface area (Å²) in [4.78, 5) is 0. The Morgan fingerprint density at radius 1 is 0.613 bits per heavy atom. The summed E-state index contributed by atoms with van der Waals surface area (Å²) in [7, 11) is 0. The molecule has 0 bridgehead atoms. The van der Waals surface area contributed by atoms with Crippen LogP contribution in [0, 0.1) is 6.92 Å². The van der Waals surface area contributed by atoms with Crippen molar-refractivity contribution >= 4 is 53.7 Å². The zero-order valence-corrected chi connectivity index (χ0v) is 17.9. The summed E-state index contributed by atoms with van der Waals surface area (Å²) in [6.07, 6.45) is 0. The van der Waals surface area contributed by atoms with E-state index in [1.807, 2.05) is 11.3 Å².